The van der Waals surface area contributed by atoms with Crippen molar-refractivity contribution in [2.24, 2.45) is 0 Å². The van der Waals surface area contributed by atoms with Crippen LogP contribution in [0.1, 0.15) is 11.1 Å². The average molecular weight is 367 g/mol. The second-order valence-electron chi connectivity index (χ2n) is 5.62. The van der Waals surface area contributed by atoms with E-state index >= 15 is 0 Å². The zero-order valence-corrected chi connectivity index (χ0v) is 15.3. The van der Waals surface area contributed by atoms with Crippen molar-refractivity contribution in [2.75, 3.05) is 19.4 Å². The van der Waals surface area contributed by atoms with E-state index in [1.54, 1.807) is 30.3 Å². The molecule has 2 aromatic rings. The van der Waals surface area contributed by atoms with Gasteiger partial charge in [-0.3, -0.25) is 4.79 Å². The van der Waals surface area contributed by atoms with Crippen LogP contribution in [0.5, 0.6) is 0 Å². The molecule has 0 aliphatic heterocycles. The number of hydrogen-bond donors (Lipinski definition) is 1. The highest BCUT2D eigenvalue weighted by Gasteiger charge is 2.18. The summed E-state index contributed by atoms with van der Waals surface area (Å²) >= 11 is 5.82. The maximum Gasteiger partial charge on any atom is 0.242 e. The molecule has 1 amide bonds. The normalized spacial score (nSPS) is 11.5. The van der Waals surface area contributed by atoms with Crippen LogP contribution in [0.2, 0.25) is 5.02 Å². The number of nitrogens with zero attached hydrogens (tertiary/aromatic N) is 1. The molecular weight excluding hydrogens is 348 g/mol. The Balaban J connectivity index is 2.20. The lowest BCUT2D eigenvalue weighted by Crippen LogP contribution is -2.22. The second-order valence-corrected chi connectivity index (χ2v) is 8.20. The summed E-state index contributed by atoms with van der Waals surface area (Å²) in [6, 6.07) is 11.7. The number of sulfonamides is 1. The molecule has 0 unspecified atom stereocenters. The molecule has 0 aliphatic carbocycles. The molecule has 24 heavy (non-hydrogen) atoms. The number of carbonyl (C=O) groups is 1. The van der Waals surface area contributed by atoms with Crippen LogP contribution in [-0.4, -0.2) is 32.7 Å². The molecule has 0 bridgehead atoms. The second kappa shape index (κ2) is 7.34. The molecule has 0 aromatic heterocycles. The maximum atomic E-state index is 12.2. The van der Waals surface area contributed by atoms with Gasteiger partial charge in [0, 0.05) is 24.8 Å². The highest BCUT2D eigenvalue weighted by atomic mass is 35.5. The maximum absolute atomic E-state index is 12.2. The molecule has 0 radical (unpaired) electrons. The van der Waals surface area contributed by atoms with E-state index in [4.69, 9.17) is 11.6 Å². The highest BCUT2D eigenvalue weighted by Crippen LogP contribution is 2.22. The minimum Gasteiger partial charge on any atom is -0.326 e. The summed E-state index contributed by atoms with van der Waals surface area (Å²) in [4.78, 5) is 12.3. The first-order valence-electron chi connectivity index (χ1n) is 7.27. The summed E-state index contributed by atoms with van der Waals surface area (Å²) in [6.45, 7) is 1.81. The van der Waals surface area contributed by atoms with Crippen molar-refractivity contribution in [3.63, 3.8) is 0 Å². The van der Waals surface area contributed by atoms with Gasteiger partial charge in [-0.2, -0.15) is 0 Å². The predicted octanol–water partition coefficient (Wildman–Crippen LogP) is 3.08. The summed E-state index contributed by atoms with van der Waals surface area (Å²) in [6.07, 6.45) is 0.182. The molecule has 0 spiro atoms. The van der Waals surface area contributed by atoms with Crippen LogP contribution in [0.3, 0.4) is 0 Å². The van der Waals surface area contributed by atoms with Crippen LogP contribution >= 0.6 is 11.6 Å². The van der Waals surface area contributed by atoms with Gasteiger partial charge in [0.05, 0.1) is 11.3 Å². The number of halogens is 1. The van der Waals surface area contributed by atoms with E-state index < -0.39 is 10.0 Å². The summed E-state index contributed by atoms with van der Waals surface area (Å²) in [5.74, 6) is -0.222. The van der Waals surface area contributed by atoms with E-state index in [-0.39, 0.29) is 17.2 Å². The Bertz CT molecular complexity index is 847. The fourth-order valence-electron chi connectivity index (χ4n) is 2.09. The van der Waals surface area contributed by atoms with Gasteiger partial charge < -0.3 is 5.32 Å². The minimum atomic E-state index is -3.55. The Kier molecular flexibility index (Phi) is 5.64. The average Bonchev–Trinajstić information content (AvgIpc) is 2.51. The van der Waals surface area contributed by atoms with Crippen LogP contribution in [0, 0.1) is 6.92 Å². The van der Waals surface area contributed by atoms with Gasteiger partial charge in [0.1, 0.15) is 0 Å². The van der Waals surface area contributed by atoms with Crippen LogP contribution in [0.25, 0.3) is 0 Å². The first-order valence-corrected chi connectivity index (χ1v) is 9.09. The van der Waals surface area contributed by atoms with E-state index in [0.29, 0.717) is 10.7 Å². The molecule has 0 fully saturated rings. The largest absolute Gasteiger partial charge is 0.326 e. The monoisotopic (exact) mass is 366 g/mol. The van der Waals surface area contributed by atoms with Crippen LogP contribution in [0.15, 0.2) is 47.4 Å². The van der Waals surface area contributed by atoms with Crippen molar-refractivity contribution < 1.29 is 13.2 Å². The predicted molar refractivity (Wildman–Crippen MR) is 95.8 cm³/mol. The molecule has 0 saturated carbocycles. The van der Waals surface area contributed by atoms with Gasteiger partial charge >= 0.3 is 0 Å². The first-order chi connectivity index (χ1) is 11.2. The van der Waals surface area contributed by atoms with Gasteiger partial charge in [-0.15, -0.1) is 0 Å². The fraction of sp³-hybridized carbons (Fsp3) is 0.235. The third-order valence-corrected chi connectivity index (χ3v) is 5.60. The molecule has 0 aliphatic rings. The molecular formula is C17H19ClN2O3S. The van der Waals surface area contributed by atoms with Gasteiger partial charge in [0.25, 0.3) is 0 Å². The highest BCUT2D eigenvalue weighted by molar-refractivity contribution is 7.89. The fourth-order valence-corrected chi connectivity index (χ4v) is 3.14. The number of amides is 1. The number of carbonyl (C=O) groups excluding carboxylic acids is 1. The van der Waals surface area contributed by atoms with Crippen molar-refractivity contribution in [1.82, 2.24) is 4.31 Å². The van der Waals surface area contributed by atoms with Gasteiger partial charge in [0.15, 0.2) is 0 Å². The van der Waals surface area contributed by atoms with Crippen molar-refractivity contribution in [1.29, 1.82) is 0 Å². The van der Waals surface area contributed by atoms with Gasteiger partial charge in [-0.25, -0.2) is 12.7 Å². The van der Waals surface area contributed by atoms with Gasteiger partial charge in [0.2, 0.25) is 15.9 Å². The van der Waals surface area contributed by atoms with Crippen LogP contribution < -0.4 is 5.32 Å². The van der Waals surface area contributed by atoms with E-state index in [2.05, 4.69) is 5.32 Å². The standard InChI is InChI=1S/C17H19ClN2O3S/c1-12-4-9-15(24(22,23)20(2)3)11-16(12)19-17(21)10-13-5-7-14(18)8-6-13/h4-9,11H,10H2,1-3H3,(H,19,21). The molecule has 0 saturated heterocycles. The van der Waals surface area contributed by atoms with Crippen LogP contribution in [-0.2, 0) is 21.2 Å². The number of hydrogen-bond acceptors (Lipinski definition) is 3. The molecule has 5 nitrogen and oxygen atoms in total. The number of aryl methyl sites for hydroxylation is 1. The number of rotatable bonds is 5. The van der Waals surface area contributed by atoms with E-state index in [1.165, 1.54) is 26.2 Å². The summed E-state index contributed by atoms with van der Waals surface area (Å²) < 4.78 is 25.5. The lowest BCUT2D eigenvalue weighted by molar-refractivity contribution is -0.115. The quantitative estimate of drug-likeness (QED) is 0.884. The first kappa shape index (κ1) is 18.4. The smallest absolute Gasteiger partial charge is 0.242 e. The molecule has 7 heteroatoms. The topological polar surface area (TPSA) is 66.5 Å². The molecule has 1 N–H and O–H groups in total. The summed E-state index contributed by atoms with van der Waals surface area (Å²) in [5, 5.41) is 3.38. The third kappa shape index (κ3) is 4.35. The number of benzene rings is 2. The molecule has 0 atom stereocenters. The summed E-state index contributed by atoms with van der Waals surface area (Å²) in [5.41, 5.74) is 2.10. The zero-order chi connectivity index (χ0) is 17.9. The van der Waals surface area contributed by atoms with E-state index in [1.807, 2.05) is 6.92 Å². The van der Waals surface area contributed by atoms with Crippen molar-refractivity contribution in [3.8, 4) is 0 Å². The van der Waals surface area contributed by atoms with Crippen LogP contribution in [0.4, 0.5) is 5.69 Å². The zero-order valence-electron chi connectivity index (χ0n) is 13.7. The minimum absolute atomic E-state index is 0.139. The van der Waals surface area contributed by atoms with Gasteiger partial charge in [-0.1, -0.05) is 29.8 Å². The van der Waals surface area contributed by atoms with Crippen molar-refractivity contribution >= 4 is 33.2 Å². The Hall–Kier alpha value is -1.89. The van der Waals surface area contributed by atoms with E-state index in [0.717, 1.165) is 15.4 Å². The molecule has 2 rings (SSSR count). The lowest BCUT2D eigenvalue weighted by Gasteiger charge is -2.14. The third-order valence-electron chi connectivity index (χ3n) is 3.54. The number of nitrogens with one attached hydrogen (secondary N) is 1. The Morgan fingerprint density at radius 2 is 1.75 bits per heavy atom. The van der Waals surface area contributed by atoms with Crippen molar-refractivity contribution in [3.05, 3.63) is 58.6 Å². The Morgan fingerprint density at radius 1 is 1.12 bits per heavy atom. The Morgan fingerprint density at radius 3 is 2.33 bits per heavy atom. The van der Waals surface area contributed by atoms with Gasteiger partial charge in [-0.05, 0) is 42.3 Å². The molecule has 0 heterocycles. The Labute approximate surface area is 147 Å². The van der Waals surface area contributed by atoms with Crippen molar-refractivity contribution in [2.45, 2.75) is 18.2 Å². The van der Waals surface area contributed by atoms with E-state index in [9.17, 15) is 13.2 Å². The molecule has 2 aromatic carbocycles. The summed E-state index contributed by atoms with van der Waals surface area (Å²) in [7, 11) is -0.616. The SMILES string of the molecule is Cc1ccc(S(=O)(=O)N(C)C)cc1NC(=O)Cc1ccc(Cl)cc1. The molecule has 128 valence electrons. The lowest BCUT2D eigenvalue weighted by atomic mass is 10.1. The number of anilines is 1.